The molecule has 2 atom stereocenters. The third-order valence-corrected chi connectivity index (χ3v) is 5.94. The topological polar surface area (TPSA) is 78.4 Å². The van der Waals surface area contributed by atoms with E-state index in [9.17, 15) is 5.11 Å². The number of hydrogen-bond donors (Lipinski definition) is 3. The van der Waals surface area contributed by atoms with Crippen molar-refractivity contribution in [1.82, 2.24) is 15.5 Å². The van der Waals surface area contributed by atoms with Gasteiger partial charge in [-0.25, -0.2) is 0 Å². The van der Waals surface area contributed by atoms with Gasteiger partial charge in [0.15, 0.2) is 5.96 Å². The number of aliphatic hydroxyl groups is 1. The number of aliphatic imine (C=N–C) groups is 1. The molecule has 1 aliphatic rings. The molecule has 1 heterocycles. The minimum Gasteiger partial charge on any atom is -0.497 e. The minimum absolute atomic E-state index is 0.0534. The monoisotopic (exact) mass is 420 g/mol. The summed E-state index contributed by atoms with van der Waals surface area (Å²) in [5.74, 6) is 1.68. The van der Waals surface area contributed by atoms with E-state index in [2.05, 4.69) is 48.4 Å². The number of likely N-dealkylation sites (N-methyl/N-ethyl adjacent to an activating group) is 1. The van der Waals surface area contributed by atoms with Gasteiger partial charge in [0.2, 0.25) is 0 Å². The molecular weight excluding hydrogens is 380 g/mol. The highest BCUT2D eigenvalue weighted by Crippen LogP contribution is 2.32. The van der Waals surface area contributed by atoms with E-state index in [0.29, 0.717) is 13.2 Å². The molecule has 7 heteroatoms. The van der Waals surface area contributed by atoms with Gasteiger partial charge >= 0.3 is 0 Å². The minimum atomic E-state index is -0.0534. The Kier molecular flexibility index (Phi) is 10.4. The van der Waals surface area contributed by atoms with Crippen LogP contribution >= 0.6 is 0 Å². The van der Waals surface area contributed by atoms with Gasteiger partial charge in [-0.2, -0.15) is 0 Å². The van der Waals surface area contributed by atoms with Crippen LogP contribution in [0.15, 0.2) is 29.3 Å². The average molecular weight is 421 g/mol. The Morgan fingerprint density at radius 3 is 2.70 bits per heavy atom. The predicted octanol–water partition coefficient (Wildman–Crippen LogP) is 2.42. The maximum absolute atomic E-state index is 9.47. The fourth-order valence-corrected chi connectivity index (χ4v) is 4.04. The number of guanidine groups is 1. The smallest absolute Gasteiger partial charge is 0.191 e. The van der Waals surface area contributed by atoms with Gasteiger partial charge in [-0.05, 0) is 50.6 Å². The average Bonchev–Trinajstić information content (AvgIpc) is 3.23. The second-order valence-corrected chi connectivity index (χ2v) is 7.87. The van der Waals surface area contributed by atoms with Gasteiger partial charge in [0.1, 0.15) is 5.75 Å². The fourth-order valence-electron chi connectivity index (χ4n) is 4.04. The normalized spacial score (nSPS) is 20.4. The number of methoxy groups -OCH3 is 1. The lowest BCUT2D eigenvalue weighted by molar-refractivity contribution is 0.131. The summed E-state index contributed by atoms with van der Waals surface area (Å²) < 4.78 is 11.0. The van der Waals surface area contributed by atoms with E-state index < -0.39 is 0 Å². The molecular formula is C23H40N4O3. The lowest BCUT2D eigenvalue weighted by Gasteiger charge is -2.31. The molecule has 0 amide bonds. The lowest BCUT2D eigenvalue weighted by Crippen LogP contribution is -2.44. The molecule has 1 fully saturated rings. The summed E-state index contributed by atoms with van der Waals surface area (Å²) in [5, 5.41) is 16.4. The van der Waals surface area contributed by atoms with Crippen molar-refractivity contribution in [1.29, 1.82) is 0 Å². The molecule has 7 nitrogen and oxygen atoms in total. The van der Waals surface area contributed by atoms with E-state index in [1.807, 2.05) is 12.1 Å². The van der Waals surface area contributed by atoms with Crippen molar-refractivity contribution in [3.63, 3.8) is 0 Å². The highest BCUT2D eigenvalue weighted by molar-refractivity contribution is 5.79. The largest absolute Gasteiger partial charge is 0.497 e. The predicted molar refractivity (Wildman–Crippen MR) is 122 cm³/mol. The number of rotatable bonds is 12. The number of aliphatic hydroxyl groups excluding tert-OH is 1. The molecule has 30 heavy (non-hydrogen) atoms. The van der Waals surface area contributed by atoms with E-state index in [4.69, 9.17) is 14.5 Å². The summed E-state index contributed by atoms with van der Waals surface area (Å²) in [7, 11) is 1.70. The summed E-state index contributed by atoms with van der Waals surface area (Å²) in [6.45, 7) is 12.2. The molecule has 1 aromatic rings. The summed E-state index contributed by atoms with van der Waals surface area (Å²) in [6, 6.07) is 8.50. The zero-order chi connectivity index (χ0) is 21.8. The van der Waals surface area contributed by atoms with Gasteiger partial charge in [-0.1, -0.05) is 26.0 Å². The van der Waals surface area contributed by atoms with Crippen molar-refractivity contribution in [2.24, 2.45) is 10.4 Å². The molecule has 170 valence electrons. The van der Waals surface area contributed by atoms with Crippen LogP contribution in [0.1, 0.15) is 45.2 Å². The van der Waals surface area contributed by atoms with Crippen molar-refractivity contribution < 1.29 is 14.6 Å². The standard InChI is InChI=1S/C23H40N4O3/c1-5-24-22(26-17-23(11-13-28)12-14-30-18-23)25-16-21(27(6-2)7-3)19-9-8-10-20(15-19)29-4/h8-10,15,21,28H,5-7,11-14,16-18H2,1-4H3,(H2,24,25,26). The molecule has 0 saturated carbocycles. The van der Waals surface area contributed by atoms with Gasteiger partial charge in [-0.15, -0.1) is 0 Å². The number of nitrogens with one attached hydrogen (secondary N) is 2. The molecule has 0 spiro atoms. The van der Waals surface area contributed by atoms with Gasteiger partial charge in [0.05, 0.1) is 26.3 Å². The molecule has 1 saturated heterocycles. The van der Waals surface area contributed by atoms with Crippen LogP contribution in [0.5, 0.6) is 5.75 Å². The zero-order valence-electron chi connectivity index (χ0n) is 19.1. The summed E-state index contributed by atoms with van der Waals surface area (Å²) in [5.41, 5.74) is 1.17. The number of hydrogen-bond acceptors (Lipinski definition) is 5. The van der Waals surface area contributed by atoms with E-state index >= 15 is 0 Å². The highest BCUT2D eigenvalue weighted by atomic mass is 16.5. The first-order valence-corrected chi connectivity index (χ1v) is 11.2. The van der Waals surface area contributed by atoms with E-state index in [0.717, 1.165) is 57.3 Å². The van der Waals surface area contributed by atoms with Crippen molar-refractivity contribution >= 4 is 5.96 Å². The first-order chi connectivity index (χ1) is 14.6. The summed E-state index contributed by atoms with van der Waals surface area (Å²) in [4.78, 5) is 7.29. The van der Waals surface area contributed by atoms with Gasteiger partial charge in [0.25, 0.3) is 0 Å². The Morgan fingerprint density at radius 2 is 2.10 bits per heavy atom. The first-order valence-electron chi connectivity index (χ1n) is 11.2. The second kappa shape index (κ2) is 12.8. The molecule has 0 aliphatic carbocycles. The van der Waals surface area contributed by atoms with Crippen molar-refractivity contribution in [2.75, 3.05) is 59.7 Å². The van der Waals surface area contributed by atoms with Crippen LogP contribution in [0.3, 0.4) is 0 Å². The molecule has 3 N–H and O–H groups in total. The fraction of sp³-hybridized carbons (Fsp3) is 0.696. The SMILES string of the molecule is CCNC(=NCC1(CCO)CCOC1)NCC(c1cccc(OC)c1)N(CC)CC. The second-order valence-electron chi connectivity index (χ2n) is 7.87. The van der Waals surface area contributed by atoms with Crippen LogP contribution in [0, 0.1) is 5.41 Å². The van der Waals surface area contributed by atoms with Crippen molar-refractivity contribution in [2.45, 2.75) is 39.7 Å². The Hall–Kier alpha value is -1.83. The highest BCUT2D eigenvalue weighted by Gasteiger charge is 2.34. The number of ether oxygens (including phenoxy) is 2. The first kappa shape index (κ1) is 24.4. The Balaban J connectivity index is 2.14. The Morgan fingerprint density at radius 1 is 1.30 bits per heavy atom. The van der Waals surface area contributed by atoms with Gasteiger partial charge in [0, 0.05) is 31.7 Å². The molecule has 0 radical (unpaired) electrons. The Labute approximate surface area is 181 Å². The third-order valence-electron chi connectivity index (χ3n) is 5.94. The summed E-state index contributed by atoms with van der Waals surface area (Å²) >= 11 is 0. The van der Waals surface area contributed by atoms with Gasteiger partial charge < -0.3 is 25.2 Å². The molecule has 1 aromatic carbocycles. The maximum Gasteiger partial charge on any atom is 0.191 e. The van der Waals surface area contributed by atoms with E-state index in [1.165, 1.54) is 5.56 Å². The molecule has 0 bridgehead atoms. The lowest BCUT2D eigenvalue weighted by atomic mass is 9.84. The van der Waals surface area contributed by atoms with Crippen LogP contribution in [-0.4, -0.2) is 75.6 Å². The van der Waals surface area contributed by atoms with Crippen LogP contribution in [0.25, 0.3) is 0 Å². The van der Waals surface area contributed by atoms with E-state index in [1.54, 1.807) is 7.11 Å². The number of benzene rings is 1. The molecule has 0 aromatic heterocycles. The van der Waals surface area contributed by atoms with Crippen molar-refractivity contribution in [3.05, 3.63) is 29.8 Å². The van der Waals surface area contributed by atoms with Crippen LogP contribution in [0.2, 0.25) is 0 Å². The molecule has 2 unspecified atom stereocenters. The molecule has 2 rings (SSSR count). The maximum atomic E-state index is 9.47. The summed E-state index contributed by atoms with van der Waals surface area (Å²) in [6.07, 6.45) is 1.67. The quantitative estimate of drug-likeness (QED) is 0.356. The van der Waals surface area contributed by atoms with Crippen LogP contribution in [-0.2, 0) is 4.74 Å². The Bertz CT molecular complexity index is 643. The number of nitrogens with zero attached hydrogens (tertiary/aromatic N) is 2. The van der Waals surface area contributed by atoms with E-state index in [-0.39, 0.29) is 18.1 Å². The molecule has 1 aliphatic heterocycles. The van der Waals surface area contributed by atoms with Crippen molar-refractivity contribution in [3.8, 4) is 5.75 Å². The zero-order valence-corrected chi connectivity index (χ0v) is 19.1. The third kappa shape index (κ3) is 6.86. The van der Waals surface area contributed by atoms with Crippen LogP contribution < -0.4 is 15.4 Å². The van der Waals surface area contributed by atoms with Gasteiger partial charge in [-0.3, -0.25) is 9.89 Å². The van der Waals surface area contributed by atoms with Crippen LogP contribution in [0.4, 0.5) is 0 Å².